The number of nitrogens with zero attached hydrogens (tertiary/aromatic N) is 1. The van der Waals surface area contributed by atoms with Crippen molar-refractivity contribution in [1.29, 1.82) is 0 Å². The van der Waals surface area contributed by atoms with Gasteiger partial charge in [0, 0.05) is 25.7 Å². The van der Waals surface area contributed by atoms with Crippen molar-refractivity contribution in [2.45, 2.75) is 45.8 Å². The topological polar surface area (TPSA) is 69.7 Å². The fourth-order valence-corrected chi connectivity index (χ4v) is 2.24. The third-order valence-electron chi connectivity index (χ3n) is 4.42. The Labute approximate surface area is 143 Å². The molecule has 1 aliphatic heterocycles. The second-order valence-electron chi connectivity index (χ2n) is 6.85. The number of ether oxygens (including phenoxy) is 1. The largest absolute Gasteiger partial charge is 0.492 e. The minimum absolute atomic E-state index is 0.106. The second kappa shape index (κ2) is 6.95. The van der Waals surface area contributed by atoms with Crippen molar-refractivity contribution >= 4 is 19.1 Å². The van der Waals surface area contributed by atoms with Crippen molar-refractivity contribution in [3.05, 3.63) is 29.4 Å². The van der Waals surface area contributed by atoms with Crippen LogP contribution in [0.4, 0.5) is 0 Å². The van der Waals surface area contributed by atoms with Crippen molar-refractivity contribution in [2.24, 2.45) is 0 Å². The summed E-state index contributed by atoms with van der Waals surface area (Å²) in [6, 6.07) is 3.68. The molecule has 130 valence electrons. The van der Waals surface area contributed by atoms with Gasteiger partial charge in [0.25, 0.3) is 0 Å². The molecule has 1 saturated heterocycles. The van der Waals surface area contributed by atoms with Gasteiger partial charge in [-0.1, -0.05) is 6.08 Å². The van der Waals surface area contributed by atoms with Crippen molar-refractivity contribution < 1.29 is 18.8 Å². The maximum Gasteiger partial charge on any atom is 0.492 e. The number of hydrogen-bond acceptors (Lipinski definition) is 5. The summed E-state index contributed by atoms with van der Waals surface area (Å²) >= 11 is 0. The Morgan fingerprint density at radius 1 is 1.29 bits per heavy atom. The Kier molecular flexibility index (Phi) is 5.35. The van der Waals surface area contributed by atoms with Gasteiger partial charge in [-0.05, 0) is 44.8 Å². The Morgan fingerprint density at radius 2 is 1.92 bits per heavy atom. The van der Waals surface area contributed by atoms with Gasteiger partial charge >= 0.3 is 7.12 Å². The first-order valence-corrected chi connectivity index (χ1v) is 7.95. The highest BCUT2D eigenvalue weighted by atomic mass is 16.7. The zero-order chi connectivity index (χ0) is 18.0. The molecule has 0 unspecified atom stereocenters. The van der Waals surface area contributed by atoms with E-state index in [2.05, 4.69) is 10.3 Å². The number of carbonyl (C=O) groups is 1. The van der Waals surface area contributed by atoms with E-state index in [1.165, 1.54) is 6.92 Å². The van der Waals surface area contributed by atoms with Crippen LogP contribution in [-0.2, 0) is 14.1 Å². The molecule has 1 N–H and O–H groups in total. The zero-order valence-corrected chi connectivity index (χ0v) is 15.2. The minimum atomic E-state index is -0.524. The predicted molar refractivity (Wildman–Crippen MR) is 93.5 cm³/mol. The molecule has 1 amide bonds. The van der Waals surface area contributed by atoms with Gasteiger partial charge in [0.2, 0.25) is 11.8 Å². The molecule has 7 heteroatoms. The molecule has 0 spiro atoms. The standard InChI is InChI=1S/C17H25BN2O4/c1-12(21)19-11-14(9-13-7-8-15(22-6)20-10-13)18-23-16(2,3)17(4,5)24-18/h7-10H,11H2,1-6H3,(H,19,21). The number of amides is 1. The van der Waals surface area contributed by atoms with Gasteiger partial charge in [-0.15, -0.1) is 0 Å². The van der Waals surface area contributed by atoms with E-state index in [1.54, 1.807) is 19.4 Å². The van der Waals surface area contributed by atoms with Crippen LogP contribution in [0.1, 0.15) is 40.2 Å². The van der Waals surface area contributed by atoms with Crippen LogP contribution in [-0.4, -0.2) is 42.9 Å². The van der Waals surface area contributed by atoms with Gasteiger partial charge in [0.15, 0.2) is 0 Å². The minimum Gasteiger partial charge on any atom is -0.481 e. The summed E-state index contributed by atoms with van der Waals surface area (Å²) < 4.78 is 17.2. The molecule has 1 aromatic rings. The third kappa shape index (κ3) is 4.16. The van der Waals surface area contributed by atoms with Crippen LogP contribution in [0.25, 0.3) is 6.08 Å². The molecule has 1 fully saturated rings. The van der Waals surface area contributed by atoms with Crippen LogP contribution in [0, 0.1) is 0 Å². The summed E-state index contributed by atoms with van der Waals surface area (Å²) in [5.41, 5.74) is 0.831. The molecule has 24 heavy (non-hydrogen) atoms. The summed E-state index contributed by atoms with van der Waals surface area (Å²) in [4.78, 5) is 15.5. The smallest absolute Gasteiger partial charge is 0.481 e. The first kappa shape index (κ1) is 18.5. The van der Waals surface area contributed by atoms with Crippen LogP contribution in [0.5, 0.6) is 5.88 Å². The number of carbonyl (C=O) groups excluding carboxylic acids is 1. The fourth-order valence-electron chi connectivity index (χ4n) is 2.24. The van der Waals surface area contributed by atoms with Crippen molar-refractivity contribution in [2.75, 3.05) is 13.7 Å². The maximum atomic E-state index is 11.3. The van der Waals surface area contributed by atoms with Crippen LogP contribution < -0.4 is 10.1 Å². The molecular weight excluding hydrogens is 307 g/mol. The molecule has 0 bridgehead atoms. The van der Waals surface area contributed by atoms with Gasteiger partial charge < -0.3 is 19.4 Å². The number of rotatable bonds is 5. The Balaban J connectivity index is 2.27. The lowest BCUT2D eigenvalue weighted by Gasteiger charge is -2.32. The van der Waals surface area contributed by atoms with E-state index in [0.29, 0.717) is 12.4 Å². The Morgan fingerprint density at radius 3 is 2.38 bits per heavy atom. The van der Waals surface area contributed by atoms with E-state index in [0.717, 1.165) is 11.0 Å². The number of methoxy groups -OCH3 is 1. The highest BCUT2D eigenvalue weighted by Gasteiger charge is 2.52. The van der Waals surface area contributed by atoms with Crippen LogP contribution >= 0.6 is 0 Å². The first-order valence-electron chi connectivity index (χ1n) is 7.95. The van der Waals surface area contributed by atoms with Crippen molar-refractivity contribution in [1.82, 2.24) is 10.3 Å². The molecule has 1 aromatic heterocycles. The molecule has 2 rings (SSSR count). The van der Waals surface area contributed by atoms with Gasteiger partial charge in [0.05, 0.1) is 18.3 Å². The highest BCUT2D eigenvalue weighted by molar-refractivity contribution is 6.56. The van der Waals surface area contributed by atoms with E-state index < -0.39 is 18.3 Å². The van der Waals surface area contributed by atoms with Gasteiger partial charge in [0.1, 0.15) is 0 Å². The Bertz CT molecular complexity index is 610. The van der Waals surface area contributed by atoms with Gasteiger partial charge in [-0.25, -0.2) is 4.98 Å². The monoisotopic (exact) mass is 332 g/mol. The molecule has 6 nitrogen and oxygen atoms in total. The van der Waals surface area contributed by atoms with Crippen LogP contribution in [0.15, 0.2) is 23.8 Å². The average Bonchev–Trinajstić information content (AvgIpc) is 2.72. The lowest BCUT2D eigenvalue weighted by Crippen LogP contribution is -2.41. The molecule has 0 saturated carbocycles. The van der Waals surface area contributed by atoms with Crippen LogP contribution in [0.2, 0.25) is 0 Å². The molecule has 2 heterocycles. The molecule has 0 atom stereocenters. The zero-order valence-electron chi connectivity index (χ0n) is 15.2. The van der Waals surface area contributed by atoms with Gasteiger partial charge in [-0.2, -0.15) is 0 Å². The van der Waals surface area contributed by atoms with E-state index in [-0.39, 0.29) is 5.91 Å². The molecule has 0 aliphatic carbocycles. The van der Waals surface area contributed by atoms with Crippen molar-refractivity contribution in [3.63, 3.8) is 0 Å². The van der Waals surface area contributed by atoms with E-state index in [4.69, 9.17) is 14.0 Å². The molecular formula is C17H25BN2O4. The SMILES string of the molecule is COc1ccc(C=C(CNC(C)=O)B2OC(C)(C)C(C)(C)O2)cn1. The molecule has 0 aromatic carbocycles. The summed E-state index contributed by atoms with van der Waals surface area (Å²) in [5.74, 6) is 0.441. The number of pyridine rings is 1. The number of nitrogens with one attached hydrogen (secondary N) is 1. The first-order chi connectivity index (χ1) is 11.1. The summed E-state index contributed by atoms with van der Waals surface area (Å²) in [6.45, 7) is 9.82. The summed E-state index contributed by atoms with van der Waals surface area (Å²) in [5, 5.41) is 2.81. The Hall–Kier alpha value is -1.86. The lowest BCUT2D eigenvalue weighted by atomic mass is 9.77. The van der Waals surface area contributed by atoms with Crippen molar-refractivity contribution in [3.8, 4) is 5.88 Å². The van der Waals surface area contributed by atoms with Crippen LogP contribution in [0.3, 0.4) is 0 Å². The number of aromatic nitrogens is 1. The normalized spacial score (nSPS) is 19.2. The van der Waals surface area contributed by atoms with E-state index >= 15 is 0 Å². The number of hydrogen-bond donors (Lipinski definition) is 1. The summed E-state index contributed by atoms with van der Waals surface area (Å²) in [7, 11) is 1.05. The quantitative estimate of drug-likeness (QED) is 0.838. The van der Waals surface area contributed by atoms with E-state index in [9.17, 15) is 4.79 Å². The maximum absolute atomic E-state index is 11.3. The average molecular weight is 332 g/mol. The highest BCUT2D eigenvalue weighted by Crippen LogP contribution is 2.38. The third-order valence-corrected chi connectivity index (χ3v) is 4.42. The molecule has 0 radical (unpaired) electrons. The molecule has 1 aliphatic rings. The second-order valence-corrected chi connectivity index (χ2v) is 6.85. The van der Waals surface area contributed by atoms with E-state index in [1.807, 2.05) is 39.8 Å². The van der Waals surface area contributed by atoms with Gasteiger partial charge in [-0.3, -0.25) is 4.79 Å². The lowest BCUT2D eigenvalue weighted by molar-refractivity contribution is -0.118. The summed E-state index contributed by atoms with van der Waals surface area (Å²) in [6.07, 6.45) is 3.63. The fraction of sp³-hybridized carbons (Fsp3) is 0.529. The predicted octanol–water partition coefficient (Wildman–Crippen LogP) is 2.24.